The van der Waals surface area contributed by atoms with Crippen LogP contribution in [-0.4, -0.2) is 12.5 Å². The summed E-state index contributed by atoms with van der Waals surface area (Å²) in [5, 5.41) is 3.06. The molecule has 1 aliphatic carbocycles. The van der Waals surface area contributed by atoms with Crippen molar-refractivity contribution in [3.8, 4) is 0 Å². The van der Waals surface area contributed by atoms with E-state index in [2.05, 4.69) is 21.2 Å². The van der Waals surface area contributed by atoms with Crippen LogP contribution in [0.15, 0.2) is 22.7 Å². The number of carbonyl (C=O) groups is 1. The Morgan fingerprint density at radius 2 is 2.16 bits per heavy atom. The molecule has 0 spiro atoms. The number of hydrogen-bond acceptors (Lipinski definition) is 2. The number of amides is 1. The summed E-state index contributed by atoms with van der Waals surface area (Å²) in [5.41, 5.74) is 7.76. The molecule has 1 fully saturated rings. The fourth-order valence-corrected chi connectivity index (χ4v) is 3.15. The van der Waals surface area contributed by atoms with Crippen LogP contribution < -0.4 is 11.1 Å². The Kier molecular flexibility index (Phi) is 4.99. The summed E-state index contributed by atoms with van der Waals surface area (Å²) in [7, 11) is 0. The molecule has 3 N–H and O–H groups in total. The van der Waals surface area contributed by atoms with E-state index >= 15 is 0 Å². The van der Waals surface area contributed by atoms with Crippen LogP contribution in [-0.2, 0) is 4.79 Å². The standard InChI is InChI=1S/C15H21BrN2O/c1-10-6-7-12(16)8-14(10)18-15(19)13-5-3-2-4-11(13)9-17/h6-8,11,13H,2-5,9,17H2,1H3,(H,18,19). The molecule has 2 rings (SSSR count). The summed E-state index contributed by atoms with van der Waals surface area (Å²) in [5.74, 6) is 0.523. The van der Waals surface area contributed by atoms with E-state index in [0.29, 0.717) is 12.5 Å². The van der Waals surface area contributed by atoms with Gasteiger partial charge in [0.1, 0.15) is 0 Å². The molecule has 19 heavy (non-hydrogen) atoms. The van der Waals surface area contributed by atoms with Crippen molar-refractivity contribution in [2.45, 2.75) is 32.6 Å². The molecule has 0 radical (unpaired) electrons. The van der Waals surface area contributed by atoms with Crippen molar-refractivity contribution in [2.75, 3.05) is 11.9 Å². The van der Waals surface area contributed by atoms with Crippen LogP contribution >= 0.6 is 15.9 Å². The maximum absolute atomic E-state index is 12.4. The van der Waals surface area contributed by atoms with E-state index in [-0.39, 0.29) is 11.8 Å². The number of nitrogens with one attached hydrogen (secondary N) is 1. The SMILES string of the molecule is Cc1ccc(Br)cc1NC(=O)C1CCCCC1CN. The Labute approximate surface area is 123 Å². The summed E-state index contributed by atoms with van der Waals surface area (Å²) < 4.78 is 0.979. The molecular formula is C15H21BrN2O. The Balaban J connectivity index is 2.09. The molecule has 1 saturated carbocycles. The summed E-state index contributed by atoms with van der Waals surface area (Å²) in [4.78, 5) is 12.4. The van der Waals surface area contributed by atoms with Crippen molar-refractivity contribution in [3.63, 3.8) is 0 Å². The van der Waals surface area contributed by atoms with Gasteiger partial charge in [-0.1, -0.05) is 34.8 Å². The Morgan fingerprint density at radius 3 is 2.89 bits per heavy atom. The molecule has 1 aliphatic rings. The number of aryl methyl sites for hydroxylation is 1. The van der Waals surface area contributed by atoms with E-state index in [0.717, 1.165) is 35.0 Å². The van der Waals surface area contributed by atoms with Crippen molar-refractivity contribution in [1.29, 1.82) is 0 Å². The predicted molar refractivity (Wildman–Crippen MR) is 82.0 cm³/mol. The zero-order valence-electron chi connectivity index (χ0n) is 11.3. The molecule has 3 nitrogen and oxygen atoms in total. The van der Waals surface area contributed by atoms with E-state index in [1.54, 1.807) is 0 Å². The van der Waals surface area contributed by atoms with Gasteiger partial charge in [-0.05, 0) is 49.9 Å². The first kappa shape index (κ1) is 14.5. The van der Waals surface area contributed by atoms with Crippen molar-refractivity contribution in [3.05, 3.63) is 28.2 Å². The van der Waals surface area contributed by atoms with Gasteiger partial charge < -0.3 is 11.1 Å². The first-order valence-corrected chi connectivity index (χ1v) is 7.68. The molecule has 0 heterocycles. The fourth-order valence-electron chi connectivity index (χ4n) is 2.79. The lowest BCUT2D eigenvalue weighted by Crippen LogP contribution is -2.35. The van der Waals surface area contributed by atoms with Gasteiger partial charge in [0, 0.05) is 16.1 Å². The number of rotatable bonds is 3. The molecule has 0 bridgehead atoms. The number of anilines is 1. The molecule has 0 aromatic heterocycles. The van der Waals surface area contributed by atoms with Crippen LogP contribution in [0.25, 0.3) is 0 Å². The lowest BCUT2D eigenvalue weighted by atomic mass is 9.78. The van der Waals surface area contributed by atoms with E-state index in [1.807, 2.05) is 25.1 Å². The van der Waals surface area contributed by atoms with Gasteiger partial charge in [0.15, 0.2) is 0 Å². The molecule has 4 heteroatoms. The second kappa shape index (κ2) is 6.53. The van der Waals surface area contributed by atoms with Gasteiger partial charge in [-0.3, -0.25) is 4.79 Å². The van der Waals surface area contributed by atoms with Crippen LogP contribution in [0.5, 0.6) is 0 Å². The normalized spacial score (nSPS) is 23.1. The van der Waals surface area contributed by atoms with E-state index in [1.165, 1.54) is 6.42 Å². The largest absolute Gasteiger partial charge is 0.330 e. The van der Waals surface area contributed by atoms with Crippen molar-refractivity contribution in [2.24, 2.45) is 17.6 Å². The lowest BCUT2D eigenvalue weighted by Gasteiger charge is -2.29. The molecule has 1 amide bonds. The average Bonchev–Trinajstić information content (AvgIpc) is 2.42. The van der Waals surface area contributed by atoms with Crippen LogP contribution in [0.4, 0.5) is 5.69 Å². The highest BCUT2D eigenvalue weighted by molar-refractivity contribution is 9.10. The highest BCUT2D eigenvalue weighted by atomic mass is 79.9. The second-order valence-corrected chi connectivity index (χ2v) is 6.25. The minimum absolute atomic E-state index is 0.0668. The van der Waals surface area contributed by atoms with Gasteiger partial charge in [-0.2, -0.15) is 0 Å². The molecule has 104 valence electrons. The van der Waals surface area contributed by atoms with Crippen molar-refractivity contribution in [1.82, 2.24) is 0 Å². The van der Waals surface area contributed by atoms with E-state index in [9.17, 15) is 4.79 Å². The molecule has 2 atom stereocenters. The summed E-state index contributed by atoms with van der Waals surface area (Å²) in [6, 6.07) is 5.93. The zero-order chi connectivity index (χ0) is 13.8. The van der Waals surface area contributed by atoms with Gasteiger partial charge in [-0.15, -0.1) is 0 Å². The number of benzene rings is 1. The number of halogens is 1. The molecule has 1 aromatic carbocycles. The van der Waals surface area contributed by atoms with Gasteiger partial charge in [0.05, 0.1) is 0 Å². The first-order valence-electron chi connectivity index (χ1n) is 6.89. The molecule has 1 aromatic rings. The first-order chi connectivity index (χ1) is 9.11. The zero-order valence-corrected chi connectivity index (χ0v) is 12.9. The number of nitrogens with two attached hydrogens (primary N) is 1. The van der Waals surface area contributed by atoms with Gasteiger partial charge in [-0.25, -0.2) is 0 Å². The summed E-state index contributed by atoms with van der Waals surface area (Å²) in [6.07, 6.45) is 4.36. The average molecular weight is 325 g/mol. The number of hydrogen-bond donors (Lipinski definition) is 2. The third kappa shape index (κ3) is 3.57. The molecule has 0 aliphatic heterocycles. The highest BCUT2D eigenvalue weighted by Crippen LogP contribution is 2.31. The van der Waals surface area contributed by atoms with Gasteiger partial charge in [0.2, 0.25) is 5.91 Å². The monoisotopic (exact) mass is 324 g/mol. The van der Waals surface area contributed by atoms with Gasteiger partial charge in [0.25, 0.3) is 0 Å². The molecule has 0 saturated heterocycles. The van der Waals surface area contributed by atoms with Crippen LogP contribution in [0.3, 0.4) is 0 Å². The van der Waals surface area contributed by atoms with Gasteiger partial charge >= 0.3 is 0 Å². The van der Waals surface area contributed by atoms with Crippen LogP contribution in [0, 0.1) is 18.8 Å². The van der Waals surface area contributed by atoms with Crippen LogP contribution in [0.2, 0.25) is 0 Å². The molecular weight excluding hydrogens is 304 g/mol. The lowest BCUT2D eigenvalue weighted by molar-refractivity contribution is -0.122. The third-order valence-corrected chi connectivity index (χ3v) is 4.50. The van der Waals surface area contributed by atoms with Crippen LogP contribution in [0.1, 0.15) is 31.2 Å². The predicted octanol–water partition coefficient (Wildman–Crippen LogP) is 3.46. The Hall–Kier alpha value is -0.870. The van der Waals surface area contributed by atoms with Crippen molar-refractivity contribution >= 4 is 27.5 Å². The van der Waals surface area contributed by atoms with E-state index in [4.69, 9.17) is 5.73 Å². The maximum Gasteiger partial charge on any atom is 0.227 e. The van der Waals surface area contributed by atoms with E-state index < -0.39 is 0 Å². The quantitative estimate of drug-likeness (QED) is 0.894. The number of carbonyl (C=O) groups excluding carboxylic acids is 1. The smallest absolute Gasteiger partial charge is 0.227 e. The highest BCUT2D eigenvalue weighted by Gasteiger charge is 2.30. The Bertz CT molecular complexity index is 461. The topological polar surface area (TPSA) is 55.1 Å². The maximum atomic E-state index is 12.4. The molecule has 2 unspecified atom stereocenters. The summed E-state index contributed by atoms with van der Waals surface area (Å²) in [6.45, 7) is 2.61. The second-order valence-electron chi connectivity index (χ2n) is 5.34. The minimum Gasteiger partial charge on any atom is -0.330 e. The minimum atomic E-state index is 0.0668. The van der Waals surface area contributed by atoms with Crippen molar-refractivity contribution < 1.29 is 4.79 Å². The third-order valence-electron chi connectivity index (χ3n) is 4.01. The summed E-state index contributed by atoms with van der Waals surface area (Å²) >= 11 is 3.44. The Morgan fingerprint density at radius 1 is 1.42 bits per heavy atom. The fraction of sp³-hybridized carbons (Fsp3) is 0.533.